The third-order valence-electron chi connectivity index (χ3n) is 6.64. The predicted molar refractivity (Wildman–Crippen MR) is 129 cm³/mol. The normalized spacial score (nSPS) is 18.9. The summed E-state index contributed by atoms with van der Waals surface area (Å²) in [6.45, 7) is 2.38. The zero-order valence-electron chi connectivity index (χ0n) is 18.8. The molecule has 1 aromatic heterocycles. The first kappa shape index (κ1) is 21.7. The summed E-state index contributed by atoms with van der Waals surface area (Å²) in [4.78, 5) is 2.28. The van der Waals surface area contributed by atoms with Crippen molar-refractivity contribution in [3.8, 4) is 5.75 Å². The van der Waals surface area contributed by atoms with Crippen LogP contribution in [0.2, 0.25) is 0 Å². The lowest BCUT2D eigenvalue weighted by molar-refractivity contribution is 0.198. The number of nitrogen functional groups attached to an aromatic ring is 1. The summed E-state index contributed by atoms with van der Waals surface area (Å²) in [5.74, 6) is 0.870. The van der Waals surface area contributed by atoms with Crippen molar-refractivity contribution in [1.82, 2.24) is 10.1 Å². The van der Waals surface area contributed by atoms with Gasteiger partial charge >= 0.3 is 0 Å². The smallest absolute Gasteiger partial charge is 0.131 e. The summed E-state index contributed by atoms with van der Waals surface area (Å²) in [6.07, 6.45) is 8.23. The van der Waals surface area contributed by atoms with Gasteiger partial charge in [-0.05, 0) is 84.2 Å². The van der Waals surface area contributed by atoms with Crippen LogP contribution in [-0.2, 0) is 6.42 Å². The van der Waals surface area contributed by atoms with E-state index in [1.54, 1.807) is 12.5 Å². The minimum absolute atomic E-state index is 0.156. The van der Waals surface area contributed by atoms with Gasteiger partial charge in [-0.2, -0.15) is 0 Å². The van der Waals surface area contributed by atoms with Gasteiger partial charge in [0.1, 0.15) is 18.1 Å². The van der Waals surface area contributed by atoms with Crippen molar-refractivity contribution in [2.75, 3.05) is 32.0 Å². The fourth-order valence-corrected chi connectivity index (χ4v) is 5.05. The average Bonchev–Trinajstić information content (AvgIpc) is 3.48. The van der Waals surface area contributed by atoms with E-state index in [-0.39, 0.29) is 12.8 Å². The molecule has 2 heterocycles. The molecule has 1 atom stereocenters. The highest BCUT2D eigenvalue weighted by Crippen LogP contribution is 2.40. The number of nitrogens with two attached hydrogens (primary N) is 1. The molecule has 172 valence electrons. The molecule has 6 heteroatoms. The first-order valence-corrected chi connectivity index (χ1v) is 11.8. The van der Waals surface area contributed by atoms with Gasteiger partial charge in [-0.25, -0.2) is 0 Å². The average molecular weight is 448 g/mol. The Morgan fingerprint density at radius 2 is 2.00 bits per heavy atom. The summed E-state index contributed by atoms with van der Waals surface area (Å²) < 4.78 is 23.9. The number of nitrogens with zero attached hydrogens (tertiary/aromatic N) is 2. The van der Waals surface area contributed by atoms with Gasteiger partial charge in [-0.3, -0.25) is 9.29 Å². The van der Waals surface area contributed by atoms with Crippen LogP contribution in [0, 0.1) is 0 Å². The maximum atomic E-state index is 12.5. The van der Waals surface area contributed by atoms with Gasteiger partial charge in [-0.15, -0.1) is 0 Å². The first-order valence-electron chi connectivity index (χ1n) is 11.8. The van der Waals surface area contributed by atoms with Gasteiger partial charge in [0.05, 0.1) is 12.9 Å². The fourth-order valence-electron chi connectivity index (χ4n) is 5.05. The quantitative estimate of drug-likeness (QED) is 0.494. The van der Waals surface area contributed by atoms with Crippen LogP contribution in [0.25, 0.3) is 11.1 Å². The maximum Gasteiger partial charge on any atom is 0.131 e. The Hall–Kier alpha value is -3.12. The summed E-state index contributed by atoms with van der Waals surface area (Å²) in [7, 11) is 0. The van der Waals surface area contributed by atoms with Gasteiger partial charge < -0.3 is 15.0 Å². The zero-order valence-corrected chi connectivity index (χ0v) is 18.8. The van der Waals surface area contributed by atoms with Crippen molar-refractivity contribution >= 4 is 16.8 Å². The van der Waals surface area contributed by atoms with Crippen LogP contribution in [0.5, 0.6) is 5.75 Å². The van der Waals surface area contributed by atoms with E-state index >= 15 is 0 Å². The van der Waals surface area contributed by atoms with E-state index in [9.17, 15) is 4.39 Å². The monoisotopic (exact) mass is 447 g/mol. The lowest BCUT2D eigenvalue weighted by atomic mass is 9.88. The molecule has 3 aromatic rings. The number of anilines is 1. The van der Waals surface area contributed by atoms with Crippen molar-refractivity contribution < 1.29 is 13.7 Å². The molecule has 33 heavy (non-hydrogen) atoms. The lowest BCUT2D eigenvalue weighted by Crippen LogP contribution is -2.26. The highest BCUT2D eigenvalue weighted by molar-refractivity contribution is 5.99. The van der Waals surface area contributed by atoms with Crippen LogP contribution < -0.4 is 10.5 Å². The molecular weight excluding hydrogens is 417 g/mol. The van der Waals surface area contributed by atoms with Crippen molar-refractivity contribution in [1.29, 1.82) is 0 Å². The Bertz CT molecular complexity index is 1110. The number of alkyl halides is 1. The second-order valence-electron chi connectivity index (χ2n) is 8.93. The van der Waals surface area contributed by atoms with Crippen LogP contribution in [0.1, 0.15) is 47.9 Å². The summed E-state index contributed by atoms with van der Waals surface area (Å²) in [6, 6.07) is 14.6. The Balaban J connectivity index is 1.43. The Kier molecular flexibility index (Phi) is 6.44. The molecule has 0 radical (unpaired) electrons. The van der Waals surface area contributed by atoms with E-state index in [4.69, 9.17) is 15.0 Å². The maximum absolute atomic E-state index is 12.5. The number of rotatable bonds is 7. The molecule has 5 nitrogen and oxygen atoms in total. The van der Waals surface area contributed by atoms with E-state index in [1.807, 2.05) is 6.07 Å². The molecule has 2 N–H and O–H groups in total. The number of ether oxygens (including phenoxy) is 1. The number of hydrogen-bond acceptors (Lipinski definition) is 5. The van der Waals surface area contributed by atoms with Crippen LogP contribution >= 0.6 is 0 Å². The number of likely N-dealkylation sites (tertiary alicyclic amines) is 1. The number of aryl methyl sites for hydroxylation is 1. The zero-order chi connectivity index (χ0) is 22.6. The minimum atomic E-state index is -0.258. The number of benzene rings is 2. The molecule has 2 aromatic carbocycles. The second-order valence-corrected chi connectivity index (χ2v) is 8.93. The van der Waals surface area contributed by atoms with E-state index in [0.717, 1.165) is 67.9 Å². The molecule has 0 bridgehead atoms. The predicted octanol–water partition coefficient (Wildman–Crippen LogP) is 5.36. The van der Waals surface area contributed by atoms with Crippen molar-refractivity contribution in [3.05, 3.63) is 77.2 Å². The Morgan fingerprint density at radius 1 is 1.12 bits per heavy atom. The molecule has 2 aliphatic rings. The van der Waals surface area contributed by atoms with E-state index in [0.29, 0.717) is 6.42 Å². The summed E-state index contributed by atoms with van der Waals surface area (Å²) >= 11 is 0. The number of halogens is 1. The molecule has 1 saturated heterocycles. The largest absolute Gasteiger partial charge is 0.489 e. The molecule has 5 rings (SSSR count). The van der Waals surface area contributed by atoms with Crippen LogP contribution in [0.4, 0.5) is 10.1 Å². The second kappa shape index (κ2) is 9.79. The molecule has 1 unspecified atom stereocenters. The number of fused-ring (bicyclic) bond motifs is 1. The standard InChI is InChI=1S/C27H30FN3O2/c28-12-2-13-31-14-11-24(17-31)33-23-8-5-19(6-9-23)27-25(21-16-30-32-18-21)4-1-3-20-15-22(29)7-10-26(20)27/h5-10,15-16,18,24H,1-4,11-14,17,29H2. The lowest BCUT2D eigenvalue weighted by Gasteiger charge is -2.18. The van der Waals surface area contributed by atoms with E-state index in [2.05, 4.69) is 46.5 Å². The van der Waals surface area contributed by atoms with Gasteiger partial charge in [0.2, 0.25) is 0 Å². The van der Waals surface area contributed by atoms with Gasteiger partial charge in [0.15, 0.2) is 0 Å². The number of aromatic nitrogens is 1. The molecule has 1 aliphatic carbocycles. The summed E-state index contributed by atoms with van der Waals surface area (Å²) in [5.41, 5.74) is 14.0. The van der Waals surface area contributed by atoms with Crippen molar-refractivity contribution in [2.45, 2.75) is 38.2 Å². The highest BCUT2D eigenvalue weighted by Gasteiger charge is 2.24. The molecule has 0 amide bonds. The first-order chi connectivity index (χ1) is 16.2. The molecule has 1 aliphatic heterocycles. The van der Waals surface area contributed by atoms with Gasteiger partial charge in [0, 0.05) is 30.9 Å². The minimum Gasteiger partial charge on any atom is -0.489 e. The third-order valence-corrected chi connectivity index (χ3v) is 6.64. The molecule has 1 fully saturated rings. The SMILES string of the molecule is Nc1ccc2c(c1)CCCC(c1cnoc1)=C2c1ccc(OC2CCN(CCCF)C2)cc1. The molecular formula is C27H30FN3O2. The Morgan fingerprint density at radius 3 is 2.79 bits per heavy atom. The van der Waals surface area contributed by atoms with Gasteiger partial charge in [0.25, 0.3) is 0 Å². The van der Waals surface area contributed by atoms with Gasteiger partial charge in [-0.1, -0.05) is 23.4 Å². The number of allylic oxidation sites excluding steroid dienone is 1. The Labute approximate surface area is 194 Å². The molecule has 0 saturated carbocycles. The summed E-state index contributed by atoms with van der Waals surface area (Å²) in [5, 5.41) is 3.95. The van der Waals surface area contributed by atoms with Crippen molar-refractivity contribution in [3.63, 3.8) is 0 Å². The molecule has 0 spiro atoms. The highest BCUT2D eigenvalue weighted by atomic mass is 19.1. The van der Waals surface area contributed by atoms with Crippen LogP contribution in [0.3, 0.4) is 0 Å². The van der Waals surface area contributed by atoms with Crippen LogP contribution in [0.15, 0.2) is 59.4 Å². The topological polar surface area (TPSA) is 64.5 Å². The van der Waals surface area contributed by atoms with E-state index in [1.165, 1.54) is 22.3 Å². The van der Waals surface area contributed by atoms with Crippen molar-refractivity contribution in [2.24, 2.45) is 0 Å². The number of hydrogen-bond donors (Lipinski definition) is 1. The fraction of sp³-hybridized carbons (Fsp3) is 0.370. The van der Waals surface area contributed by atoms with Crippen LogP contribution in [-0.4, -0.2) is 42.5 Å². The van der Waals surface area contributed by atoms with E-state index < -0.39 is 0 Å². The third kappa shape index (κ3) is 4.81.